The lowest BCUT2D eigenvalue weighted by Crippen LogP contribution is -2.16. The van der Waals surface area contributed by atoms with Crippen LogP contribution in [0.3, 0.4) is 0 Å². The monoisotopic (exact) mass is 395 g/mol. The van der Waals surface area contributed by atoms with Gasteiger partial charge in [0.1, 0.15) is 6.33 Å². The van der Waals surface area contributed by atoms with Crippen molar-refractivity contribution >= 4 is 35.0 Å². The molecule has 2 amide bonds. The SMILES string of the molecule is CC(=O)Nc1cccc(NC(=O)CSc2nncn2-c2ccc(C)cc2)c1C. The van der Waals surface area contributed by atoms with Gasteiger partial charge in [0.15, 0.2) is 5.16 Å². The summed E-state index contributed by atoms with van der Waals surface area (Å²) in [6.45, 7) is 5.33. The number of carbonyl (C=O) groups excluding carboxylic acids is 2. The molecule has 0 aliphatic heterocycles. The highest BCUT2D eigenvalue weighted by atomic mass is 32.2. The van der Waals surface area contributed by atoms with Gasteiger partial charge in [0.2, 0.25) is 11.8 Å². The highest BCUT2D eigenvalue weighted by Crippen LogP contribution is 2.24. The first-order valence-electron chi connectivity index (χ1n) is 8.71. The highest BCUT2D eigenvalue weighted by Gasteiger charge is 2.12. The van der Waals surface area contributed by atoms with E-state index in [-0.39, 0.29) is 17.6 Å². The largest absolute Gasteiger partial charge is 0.326 e. The van der Waals surface area contributed by atoms with Crippen LogP contribution in [0, 0.1) is 13.8 Å². The zero-order valence-electron chi connectivity index (χ0n) is 15.9. The van der Waals surface area contributed by atoms with Gasteiger partial charge in [-0.25, -0.2) is 0 Å². The molecule has 0 atom stereocenters. The number of aryl methyl sites for hydroxylation is 1. The van der Waals surface area contributed by atoms with Gasteiger partial charge in [-0.1, -0.05) is 35.5 Å². The maximum Gasteiger partial charge on any atom is 0.234 e. The second kappa shape index (κ2) is 8.71. The molecular formula is C20H21N5O2S. The quantitative estimate of drug-likeness (QED) is 0.623. The highest BCUT2D eigenvalue weighted by molar-refractivity contribution is 7.99. The third-order valence-electron chi connectivity index (χ3n) is 4.08. The number of benzene rings is 2. The van der Waals surface area contributed by atoms with Crippen molar-refractivity contribution in [3.05, 3.63) is 59.9 Å². The molecule has 0 spiro atoms. The summed E-state index contributed by atoms with van der Waals surface area (Å²) in [5.74, 6) is -0.127. The number of nitrogens with one attached hydrogen (secondary N) is 2. The minimum atomic E-state index is -0.161. The lowest BCUT2D eigenvalue weighted by atomic mass is 10.1. The minimum absolute atomic E-state index is 0.155. The van der Waals surface area contributed by atoms with E-state index >= 15 is 0 Å². The van der Waals surface area contributed by atoms with Crippen LogP contribution in [0.2, 0.25) is 0 Å². The number of anilines is 2. The van der Waals surface area contributed by atoms with Gasteiger partial charge in [-0.05, 0) is 43.7 Å². The summed E-state index contributed by atoms with van der Waals surface area (Å²) in [4.78, 5) is 23.7. The van der Waals surface area contributed by atoms with Gasteiger partial charge in [-0.2, -0.15) is 0 Å². The molecule has 0 radical (unpaired) electrons. The number of hydrogen-bond donors (Lipinski definition) is 2. The van der Waals surface area contributed by atoms with Crippen molar-refractivity contribution in [1.29, 1.82) is 0 Å². The standard InChI is InChI=1S/C20H21N5O2S/c1-13-7-9-16(10-8-13)25-12-21-24-20(25)28-11-19(27)23-18-6-4-5-17(14(18)2)22-15(3)26/h4-10,12H,11H2,1-3H3,(H,22,26)(H,23,27). The predicted molar refractivity (Wildman–Crippen MR) is 111 cm³/mol. The second-order valence-electron chi connectivity index (χ2n) is 6.32. The minimum Gasteiger partial charge on any atom is -0.326 e. The number of hydrogen-bond acceptors (Lipinski definition) is 5. The molecule has 28 heavy (non-hydrogen) atoms. The van der Waals surface area contributed by atoms with Gasteiger partial charge < -0.3 is 10.6 Å². The smallest absolute Gasteiger partial charge is 0.234 e. The molecule has 144 valence electrons. The van der Waals surface area contributed by atoms with Crippen molar-refractivity contribution < 1.29 is 9.59 Å². The first-order valence-corrected chi connectivity index (χ1v) is 9.69. The summed E-state index contributed by atoms with van der Waals surface area (Å²) in [5, 5.41) is 14.3. The Hall–Kier alpha value is -3.13. The first-order chi connectivity index (χ1) is 13.4. The maximum atomic E-state index is 12.4. The second-order valence-corrected chi connectivity index (χ2v) is 7.26. The topological polar surface area (TPSA) is 88.9 Å². The van der Waals surface area contributed by atoms with Gasteiger partial charge in [-0.3, -0.25) is 14.2 Å². The van der Waals surface area contributed by atoms with Crippen LogP contribution in [0.1, 0.15) is 18.1 Å². The molecule has 0 aliphatic rings. The summed E-state index contributed by atoms with van der Waals surface area (Å²) in [6, 6.07) is 13.4. The molecule has 7 nitrogen and oxygen atoms in total. The van der Waals surface area contributed by atoms with Crippen LogP contribution in [-0.2, 0) is 9.59 Å². The summed E-state index contributed by atoms with van der Waals surface area (Å²) in [7, 11) is 0. The maximum absolute atomic E-state index is 12.4. The number of nitrogens with zero attached hydrogens (tertiary/aromatic N) is 3. The number of carbonyl (C=O) groups is 2. The Morgan fingerprint density at radius 3 is 2.39 bits per heavy atom. The van der Waals surface area contributed by atoms with Crippen LogP contribution in [0.4, 0.5) is 11.4 Å². The van der Waals surface area contributed by atoms with E-state index in [1.807, 2.05) is 42.7 Å². The van der Waals surface area contributed by atoms with E-state index in [2.05, 4.69) is 20.8 Å². The number of rotatable bonds is 6. The summed E-state index contributed by atoms with van der Waals surface area (Å²) in [5.41, 5.74) is 4.26. The van der Waals surface area contributed by atoms with Crippen LogP contribution in [0.25, 0.3) is 5.69 Å². The first kappa shape index (κ1) is 19.6. The van der Waals surface area contributed by atoms with Gasteiger partial charge in [-0.15, -0.1) is 10.2 Å². The van der Waals surface area contributed by atoms with Crippen molar-refractivity contribution in [3.63, 3.8) is 0 Å². The Labute approximate surface area is 167 Å². The molecule has 8 heteroatoms. The molecule has 0 saturated heterocycles. The fourth-order valence-electron chi connectivity index (χ4n) is 2.62. The summed E-state index contributed by atoms with van der Waals surface area (Å²) >= 11 is 1.31. The van der Waals surface area contributed by atoms with Crippen LogP contribution in [0.15, 0.2) is 53.9 Å². The summed E-state index contributed by atoms with van der Waals surface area (Å²) < 4.78 is 1.85. The molecule has 0 bridgehead atoms. The van der Waals surface area contributed by atoms with Gasteiger partial charge in [0.05, 0.1) is 5.75 Å². The molecule has 0 fully saturated rings. The van der Waals surface area contributed by atoms with Crippen LogP contribution >= 0.6 is 11.8 Å². The molecule has 2 aromatic carbocycles. The van der Waals surface area contributed by atoms with Crippen molar-refractivity contribution in [1.82, 2.24) is 14.8 Å². The molecular weight excluding hydrogens is 374 g/mol. The van der Waals surface area contributed by atoms with E-state index in [0.717, 1.165) is 11.3 Å². The molecule has 0 unspecified atom stereocenters. The van der Waals surface area contributed by atoms with Crippen LogP contribution < -0.4 is 10.6 Å². The van der Waals surface area contributed by atoms with Gasteiger partial charge in [0, 0.05) is 24.0 Å². The number of aromatic nitrogens is 3. The van der Waals surface area contributed by atoms with Crippen molar-refractivity contribution in [2.45, 2.75) is 25.9 Å². The normalized spacial score (nSPS) is 10.5. The molecule has 3 aromatic rings. The fraction of sp³-hybridized carbons (Fsp3) is 0.200. The molecule has 2 N–H and O–H groups in total. The van der Waals surface area contributed by atoms with E-state index in [1.165, 1.54) is 24.2 Å². The van der Waals surface area contributed by atoms with Gasteiger partial charge >= 0.3 is 0 Å². The zero-order chi connectivity index (χ0) is 20.1. The lowest BCUT2D eigenvalue weighted by Gasteiger charge is -2.12. The molecule has 3 rings (SSSR count). The molecule has 1 aromatic heterocycles. The van der Waals surface area contributed by atoms with Crippen molar-refractivity contribution in [2.75, 3.05) is 16.4 Å². The van der Waals surface area contributed by atoms with E-state index < -0.39 is 0 Å². The Morgan fingerprint density at radius 2 is 1.71 bits per heavy atom. The third-order valence-corrected chi connectivity index (χ3v) is 5.02. The van der Waals surface area contributed by atoms with E-state index in [0.29, 0.717) is 16.5 Å². The summed E-state index contributed by atoms with van der Waals surface area (Å²) in [6.07, 6.45) is 1.63. The Bertz CT molecular complexity index is 998. The fourth-order valence-corrected chi connectivity index (χ4v) is 3.35. The van der Waals surface area contributed by atoms with E-state index in [1.54, 1.807) is 24.5 Å². The lowest BCUT2D eigenvalue weighted by molar-refractivity contribution is -0.114. The number of thioether (sulfide) groups is 1. The van der Waals surface area contributed by atoms with E-state index in [9.17, 15) is 9.59 Å². The number of amides is 2. The van der Waals surface area contributed by atoms with Crippen LogP contribution in [0.5, 0.6) is 0 Å². The Balaban J connectivity index is 1.65. The van der Waals surface area contributed by atoms with E-state index in [4.69, 9.17) is 0 Å². The Morgan fingerprint density at radius 1 is 1.04 bits per heavy atom. The van der Waals surface area contributed by atoms with Crippen molar-refractivity contribution in [2.24, 2.45) is 0 Å². The van der Waals surface area contributed by atoms with Crippen molar-refractivity contribution in [3.8, 4) is 5.69 Å². The van der Waals surface area contributed by atoms with Gasteiger partial charge in [0.25, 0.3) is 0 Å². The average Bonchev–Trinajstić information content (AvgIpc) is 3.12. The third kappa shape index (κ3) is 4.77. The molecule has 0 aliphatic carbocycles. The Kier molecular flexibility index (Phi) is 6.10. The van der Waals surface area contributed by atoms with Crippen LogP contribution in [-0.4, -0.2) is 32.3 Å². The average molecular weight is 395 g/mol. The molecule has 1 heterocycles. The predicted octanol–water partition coefficient (Wildman–Crippen LogP) is 3.57. The molecule has 0 saturated carbocycles. The zero-order valence-corrected chi connectivity index (χ0v) is 16.7.